The van der Waals surface area contributed by atoms with Crippen LogP contribution in [-0.4, -0.2) is 25.3 Å². The Hall–Kier alpha value is -1.15. The Labute approximate surface area is 97.2 Å². The maximum absolute atomic E-state index is 10.6. The number of aryl methyl sites for hydroxylation is 1. The molecule has 1 aromatic heterocycles. The summed E-state index contributed by atoms with van der Waals surface area (Å²) < 4.78 is 1.88. The van der Waals surface area contributed by atoms with E-state index >= 15 is 0 Å². The molecule has 0 bridgehead atoms. The first-order valence-electron chi connectivity index (χ1n) is 4.15. The first kappa shape index (κ1) is 11.9. The van der Waals surface area contributed by atoms with E-state index in [1.807, 2.05) is 0 Å². The highest BCUT2D eigenvalue weighted by Gasteiger charge is 2.16. The van der Waals surface area contributed by atoms with Gasteiger partial charge in [0.05, 0.1) is 6.54 Å². The lowest BCUT2D eigenvalue weighted by atomic mass is 10.5. The van der Waals surface area contributed by atoms with Crippen LogP contribution in [0.4, 0.5) is 5.82 Å². The van der Waals surface area contributed by atoms with E-state index in [2.05, 4.69) is 22.9 Å². The van der Waals surface area contributed by atoms with Crippen molar-refractivity contribution in [1.82, 2.24) is 14.9 Å². The van der Waals surface area contributed by atoms with E-state index in [0.717, 1.165) is 0 Å². The molecule has 6 nitrogen and oxygen atoms in total. The van der Waals surface area contributed by atoms with Crippen molar-refractivity contribution in [2.75, 3.05) is 6.54 Å². The number of imidazole rings is 1. The Kier molecular flexibility index (Phi) is 4.04. The number of hydrogen-bond donors (Lipinski definition) is 2. The van der Waals surface area contributed by atoms with Crippen molar-refractivity contribution in [3.05, 3.63) is 22.1 Å². The third-order valence-electron chi connectivity index (χ3n) is 1.83. The van der Waals surface area contributed by atoms with Crippen LogP contribution in [0, 0.1) is 17.0 Å². The van der Waals surface area contributed by atoms with Crippen LogP contribution in [-0.2, 0) is 6.54 Å². The lowest BCUT2D eigenvalue weighted by molar-refractivity contribution is -0.392. The van der Waals surface area contributed by atoms with E-state index < -0.39 is 4.92 Å². The maximum Gasteiger partial charge on any atom is 0.342 e. The molecule has 1 N–H and O–H groups in total. The van der Waals surface area contributed by atoms with Crippen molar-refractivity contribution in [3.8, 4) is 0 Å². The zero-order valence-electron chi connectivity index (χ0n) is 8.01. The fraction of sp³-hybridized carbons (Fsp3) is 0.429. The van der Waals surface area contributed by atoms with Gasteiger partial charge in [0.25, 0.3) is 0 Å². The average molecular weight is 246 g/mol. The topological polar surface area (TPSA) is 73.0 Å². The number of hydrogen-bond acceptors (Lipinski definition) is 4. The fourth-order valence-electron chi connectivity index (χ4n) is 1.15. The molecule has 1 rings (SSSR count). The molecule has 0 aliphatic heterocycles. The molecule has 15 heavy (non-hydrogen) atoms. The zero-order valence-corrected chi connectivity index (χ0v) is 9.72. The minimum absolute atomic E-state index is 0.0145. The van der Waals surface area contributed by atoms with Gasteiger partial charge in [-0.15, -0.1) is 12.6 Å². The van der Waals surface area contributed by atoms with Crippen LogP contribution in [0.25, 0.3) is 0 Å². The maximum atomic E-state index is 10.6. The molecule has 0 saturated carbocycles. The molecule has 1 heterocycles. The van der Waals surface area contributed by atoms with Crippen LogP contribution in [0.3, 0.4) is 0 Å². The Morgan fingerprint density at radius 1 is 1.87 bits per heavy atom. The van der Waals surface area contributed by atoms with Crippen molar-refractivity contribution >= 4 is 35.0 Å². The molecule has 82 valence electrons. The van der Waals surface area contributed by atoms with Crippen molar-refractivity contribution in [3.63, 3.8) is 0 Å². The molecule has 0 aliphatic carbocycles. The van der Waals surface area contributed by atoms with Crippen LogP contribution >= 0.6 is 24.8 Å². The number of thiocarbonyl (C=S) groups is 1. The summed E-state index contributed by atoms with van der Waals surface area (Å²) >= 11 is 8.59. The zero-order chi connectivity index (χ0) is 11.4. The van der Waals surface area contributed by atoms with Crippen molar-refractivity contribution in [2.45, 2.75) is 13.5 Å². The van der Waals surface area contributed by atoms with Gasteiger partial charge in [-0.3, -0.25) is 0 Å². The van der Waals surface area contributed by atoms with Gasteiger partial charge in [0.2, 0.25) is 0 Å². The first-order chi connectivity index (χ1) is 7.02. The average Bonchev–Trinajstić information content (AvgIpc) is 2.47. The molecule has 0 fully saturated rings. The van der Waals surface area contributed by atoms with E-state index in [1.54, 1.807) is 6.92 Å². The third-order valence-corrected chi connectivity index (χ3v) is 2.14. The SMILES string of the molecule is Cc1ncc([N+](=O)[O-])n1CCNC(=S)S. The molecule has 8 heteroatoms. The summed E-state index contributed by atoms with van der Waals surface area (Å²) in [5, 5.41) is 13.4. The van der Waals surface area contributed by atoms with Crippen LogP contribution in [0.5, 0.6) is 0 Å². The van der Waals surface area contributed by atoms with Crippen molar-refractivity contribution in [1.29, 1.82) is 0 Å². The van der Waals surface area contributed by atoms with Gasteiger partial charge in [-0.05, 0) is 4.92 Å². The summed E-state index contributed by atoms with van der Waals surface area (Å²) in [4.78, 5) is 14.0. The molecule has 0 aliphatic rings. The number of nitro groups is 1. The van der Waals surface area contributed by atoms with E-state index in [-0.39, 0.29) is 5.82 Å². The molecular formula is C7H10N4O2S2. The molecule has 0 atom stereocenters. The molecule has 0 spiro atoms. The number of thiol groups is 1. The molecule has 0 amide bonds. The van der Waals surface area contributed by atoms with E-state index in [4.69, 9.17) is 12.2 Å². The molecule has 0 unspecified atom stereocenters. The van der Waals surface area contributed by atoms with Crippen molar-refractivity contribution in [2.24, 2.45) is 0 Å². The Balaban J connectivity index is 2.70. The quantitative estimate of drug-likeness (QED) is 0.357. The fourth-order valence-corrected chi connectivity index (χ4v) is 1.37. The van der Waals surface area contributed by atoms with Gasteiger partial charge in [-0.2, -0.15) is 0 Å². The summed E-state index contributed by atoms with van der Waals surface area (Å²) in [6.07, 6.45) is 1.24. The Bertz CT molecular complexity index is 390. The van der Waals surface area contributed by atoms with Gasteiger partial charge in [-0.25, -0.2) is 9.55 Å². The first-order valence-corrected chi connectivity index (χ1v) is 5.01. The second kappa shape index (κ2) is 5.08. The Morgan fingerprint density at radius 2 is 2.53 bits per heavy atom. The summed E-state index contributed by atoms with van der Waals surface area (Å²) in [7, 11) is 0. The minimum atomic E-state index is -0.459. The lowest BCUT2D eigenvalue weighted by Crippen LogP contribution is -2.22. The smallest absolute Gasteiger partial charge is 0.342 e. The van der Waals surface area contributed by atoms with Gasteiger partial charge >= 0.3 is 5.82 Å². The van der Waals surface area contributed by atoms with Gasteiger partial charge in [0, 0.05) is 6.92 Å². The highest BCUT2D eigenvalue weighted by molar-refractivity contribution is 8.11. The predicted octanol–water partition coefficient (Wildman–Crippen LogP) is 0.904. The highest BCUT2D eigenvalue weighted by Crippen LogP contribution is 2.12. The van der Waals surface area contributed by atoms with Gasteiger partial charge in [-0.1, -0.05) is 12.2 Å². The van der Waals surface area contributed by atoms with Crippen LogP contribution in [0.2, 0.25) is 0 Å². The van der Waals surface area contributed by atoms with Crippen LogP contribution in [0.1, 0.15) is 5.82 Å². The van der Waals surface area contributed by atoms with Gasteiger partial charge < -0.3 is 15.4 Å². The molecule has 1 aromatic rings. The molecular weight excluding hydrogens is 236 g/mol. The third kappa shape index (κ3) is 3.17. The summed E-state index contributed by atoms with van der Waals surface area (Å²) in [5.41, 5.74) is 0. The Morgan fingerprint density at radius 3 is 3.07 bits per heavy atom. The standard InChI is InChI=1S/C7H10N4O2S2/c1-5-9-4-6(11(12)13)10(5)3-2-8-7(14)15/h4H,2-3H2,1H3,(H2,8,14,15). The van der Waals surface area contributed by atoms with Crippen molar-refractivity contribution < 1.29 is 4.92 Å². The largest absolute Gasteiger partial charge is 0.367 e. The summed E-state index contributed by atoms with van der Waals surface area (Å²) in [6, 6.07) is 0. The van der Waals surface area contributed by atoms with Gasteiger partial charge in [0.1, 0.15) is 17.1 Å². The lowest BCUT2D eigenvalue weighted by Gasteiger charge is -2.03. The summed E-state index contributed by atoms with van der Waals surface area (Å²) in [6.45, 7) is 2.63. The minimum Gasteiger partial charge on any atom is -0.367 e. The highest BCUT2D eigenvalue weighted by atomic mass is 32.1. The van der Waals surface area contributed by atoms with E-state index in [0.29, 0.717) is 23.2 Å². The van der Waals surface area contributed by atoms with E-state index in [9.17, 15) is 10.1 Å². The number of rotatable bonds is 4. The number of nitrogens with zero attached hydrogens (tertiary/aromatic N) is 3. The predicted molar refractivity (Wildman–Crippen MR) is 63.2 cm³/mol. The number of nitrogens with one attached hydrogen (secondary N) is 1. The monoisotopic (exact) mass is 246 g/mol. The molecule has 0 aromatic carbocycles. The normalized spacial score (nSPS) is 10.0. The molecule has 0 radical (unpaired) electrons. The van der Waals surface area contributed by atoms with E-state index in [1.165, 1.54) is 10.8 Å². The van der Waals surface area contributed by atoms with Crippen LogP contribution in [0.15, 0.2) is 6.20 Å². The van der Waals surface area contributed by atoms with Crippen LogP contribution < -0.4 is 5.32 Å². The second-order valence-electron chi connectivity index (χ2n) is 2.80. The second-order valence-corrected chi connectivity index (χ2v) is 3.96. The summed E-state index contributed by atoms with van der Waals surface area (Å²) in [5.74, 6) is 0.591. The number of aromatic nitrogens is 2. The molecule has 0 saturated heterocycles. The van der Waals surface area contributed by atoms with Gasteiger partial charge in [0.15, 0.2) is 5.82 Å².